The minimum Gasteiger partial charge on any atom is -0.466 e. The fourth-order valence-electron chi connectivity index (χ4n) is 4.78. The topological polar surface area (TPSA) is 12.5 Å². The molecule has 0 spiro atoms. The van der Waals surface area contributed by atoms with E-state index in [4.69, 9.17) is 27.9 Å². The highest BCUT2D eigenvalue weighted by Crippen LogP contribution is 2.50. The molecule has 1 aromatic rings. The van der Waals surface area contributed by atoms with Crippen molar-refractivity contribution in [2.75, 3.05) is 6.54 Å². The predicted octanol–water partition coefficient (Wildman–Crippen LogP) is 6.30. The number of likely N-dealkylation sites (tertiary alicyclic amines) is 1. The number of halogens is 2. The second-order valence-corrected chi connectivity index (χ2v) is 8.16. The maximum Gasteiger partial charge on any atom is 0.186 e. The summed E-state index contributed by atoms with van der Waals surface area (Å²) in [5, 5.41) is 1.30. The van der Waals surface area contributed by atoms with Gasteiger partial charge in [0.1, 0.15) is 5.75 Å². The molecule has 1 aromatic carbocycles. The van der Waals surface area contributed by atoms with E-state index in [1.807, 2.05) is 6.07 Å². The molecule has 3 aliphatic rings. The predicted molar refractivity (Wildman–Crippen MR) is 101 cm³/mol. The van der Waals surface area contributed by atoms with Crippen LogP contribution in [-0.2, 0) is 0 Å². The highest BCUT2D eigenvalue weighted by molar-refractivity contribution is 6.36. The monoisotopic (exact) mass is 365 g/mol. The van der Waals surface area contributed by atoms with Crippen molar-refractivity contribution in [3.05, 3.63) is 33.3 Å². The summed E-state index contributed by atoms with van der Waals surface area (Å²) < 4.78 is 6.75. The van der Waals surface area contributed by atoms with Gasteiger partial charge in [0.05, 0.1) is 5.02 Å². The van der Waals surface area contributed by atoms with Gasteiger partial charge in [-0.15, -0.1) is 0 Å². The van der Waals surface area contributed by atoms with Gasteiger partial charge in [-0.2, -0.15) is 0 Å². The standard InChI is InChI=1S/C20H25Cl2NO/c1-2-17-8-4-6-10-23(17)20-9-5-3-7-15(20)11-14-12-16(21)13-18(22)19(14)24-20/h11-13,17H,2-10H2,1H3. The Morgan fingerprint density at radius 2 is 2.08 bits per heavy atom. The van der Waals surface area contributed by atoms with Gasteiger partial charge in [0.2, 0.25) is 0 Å². The lowest BCUT2D eigenvalue weighted by Crippen LogP contribution is -2.61. The van der Waals surface area contributed by atoms with Crippen molar-refractivity contribution < 1.29 is 4.74 Å². The maximum atomic E-state index is 6.75. The van der Waals surface area contributed by atoms with Crippen LogP contribution >= 0.6 is 23.2 Å². The fourth-order valence-corrected chi connectivity index (χ4v) is 5.32. The lowest BCUT2D eigenvalue weighted by Gasteiger charge is -2.53. The number of piperidine rings is 1. The average Bonchev–Trinajstić information content (AvgIpc) is 2.60. The zero-order valence-electron chi connectivity index (χ0n) is 14.3. The van der Waals surface area contributed by atoms with E-state index in [9.17, 15) is 0 Å². The Balaban J connectivity index is 1.81. The summed E-state index contributed by atoms with van der Waals surface area (Å²) in [6, 6.07) is 4.37. The molecular weight excluding hydrogens is 341 g/mol. The van der Waals surface area contributed by atoms with E-state index in [1.54, 1.807) is 6.07 Å². The van der Waals surface area contributed by atoms with Gasteiger partial charge in [0.25, 0.3) is 0 Å². The van der Waals surface area contributed by atoms with Crippen molar-refractivity contribution in [3.63, 3.8) is 0 Å². The van der Waals surface area contributed by atoms with Crippen molar-refractivity contribution in [2.24, 2.45) is 0 Å². The molecule has 2 fully saturated rings. The summed E-state index contributed by atoms with van der Waals surface area (Å²) >= 11 is 12.7. The van der Waals surface area contributed by atoms with E-state index in [1.165, 1.54) is 44.1 Å². The van der Waals surface area contributed by atoms with Gasteiger partial charge < -0.3 is 4.74 Å². The molecule has 1 saturated heterocycles. The molecule has 24 heavy (non-hydrogen) atoms. The Bertz CT molecular complexity index is 672. The smallest absolute Gasteiger partial charge is 0.186 e. The SMILES string of the molecule is CCC1CCCCN1C12CCCCC1=Cc1cc(Cl)cc(Cl)c1O2. The Hall–Kier alpha value is -0.700. The van der Waals surface area contributed by atoms with E-state index < -0.39 is 0 Å². The van der Waals surface area contributed by atoms with Crippen LogP contribution in [0.5, 0.6) is 5.75 Å². The van der Waals surface area contributed by atoms with E-state index in [-0.39, 0.29) is 5.72 Å². The molecule has 0 N–H and O–H groups in total. The molecule has 2 heterocycles. The Labute approximate surface area is 154 Å². The van der Waals surface area contributed by atoms with E-state index in [2.05, 4.69) is 17.9 Å². The molecule has 4 rings (SSSR count). The fraction of sp³-hybridized carbons (Fsp3) is 0.600. The largest absolute Gasteiger partial charge is 0.466 e. The highest BCUT2D eigenvalue weighted by Gasteiger charge is 2.49. The number of nitrogens with zero attached hydrogens (tertiary/aromatic N) is 1. The van der Waals surface area contributed by atoms with Gasteiger partial charge >= 0.3 is 0 Å². The Kier molecular flexibility index (Phi) is 4.57. The van der Waals surface area contributed by atoms with Crippen molar-refractivity contribution in [2.45, 2.75) is 70.1 Å². The summed E-state index contributed by atoms with van der Waals surface area (Å²) in [7, 11) is 0. The third kappa shape index (κ3) is 2.67. The molecule has 0 bridgehead atoms. The third-order valence-corrected chi connectivity index (χ3v) is 6.41. The molecule has 4 heteroatoms. The van der Waals surface area contributed by atoms with Crippen molar-refractivity contribution in [1.29, 1.82) is 0 Å². The van der Waals surface area contributed by atoms with Crippen molar-refractivity contribution in [3.8, 4) is 5.75 Å². The first-order valence-corrected chi connectivity index (χ1v) is 10.1. The molecule has 0 amide bonds. The lowest BCUT2D eigenvalue weighted by atomic mass is 9.80. The van der Waals surface area contributed by atoms with Gasteiger partial charge in [0.15, 0.2) is 5.72 Å². The van der Waals surface area contributed by atoms with Gasteiger partial charge in [-0.1, -0.05) is 36.5 Å². The van der Waals surface area contributed by atoms with Crippen LogP contribution in [-0.4, -0.2) is 23.2 Å². The molecule has 2 aliphatic heterocycles. The van der Waals surface area contributed by atoms with Crippen molar-refractivity contribution >= 4 is 29.3 Å². The first kappa shape index (κ1) is 16.8. The first-order valence-electron chi connectivity index (χ1n) is 9.30. The van der Waals surface area contributed by atoms with E-state index in [0.29, 0.717) is 16.1 Å². The average molecular weight is 366 g/mol. The molecule has 0 radical (unpaired) electrons. The molecule has 130 valence electrons. The van der Waals surface area contributed by atoms with Crippen LogP contribution < -0.4 is 4.74 Å². The molecule has 0 aromatic heterocycles. The number of benzene rings is 1. The summed E-state index contributed by atoms with van der Waals surface area (Å²) in [6.45, 7) is 3.42. The van der Waals surface area contributed by atoms with Crippen LogP contribution in [0, 0.1) is 0 Å². The summed E-state index contributed by atoms with van der Waals surface area (Å²) in [6.07, 6.45) is 12.0. The molecule has 1 aliphatic carbocycles. The maximum absolute atomic E-state index is 6.75. The number of fused-ring (bicyclic) bond motifs is 2. The van der Waals surface area contributed by atoms with Crippen LogP contribution in [0.4, 0.5) is 0 Å². The van der Waals surface area contributed by atoms with Gasteiger partial charge in [-0.25, -0.2) is 0 Å². The zero-order chi connectivity index (χ0) is 16.7. The first-order chi connectivity index (χ1) is 11.6. The van der Waals surface area contributed by atoms with Crippen LogP contribution in [0.3, 0.4) is 0 Å². The normalized spacial score (nSPS) is 30.1. The van der Waals surface area contributed by atoms with Gasteiger partial charge in [0, 0.05) is 29.6 Å². The molecule has 2 nitrogen and oxygen atoms in total. The van der Waals surface area contributed by atoms with Gasteiger partial charge in [-0.05, 0) is 62.3 Å². The van der Waals surface area contributed by atoms with Crippen LogP contribution in [0.2, 0.25) is 10.0 Å². The summed E-state index contributed by atoms with van der Waals surface area (Å²) in [5.74, 6) is 0.812. The Morgan fingerprint density at radius 3 is 2.92 bits per heavy atom. The second kappa shape index (κ2) is 6.55. The molecular formula is C20H25Cl2NO. The van der Waals surface area contributed by atoms with E-state index >= 15 is 0 Å². The van der Waals surface area contributed by atoms with E-state index in [0.717, 1.165) is 30.7 Å². The number of ether oxygens (including phenoxy) is 1. The lowest BCUT2D eigenvalue weighted by molar-refractivity contribution is -0.108. The van der Waals surface area contributed by atoms with Crippen LogP contribution in [0.1, 0.15) is 63.9 Å². The number of hydrogen-bond donors (Lipinski definition) is 0. The molecule has 1 saturated carbocycles. The minimum atomic E-state index is -0.288. The second-order valence-electron chi connectivity index (χ2n) is 7.32. The molecule has 2 atom stereocenters. The van der Waals surface area contributed by atoms with Crippen LogP contribution in [0.25, 0.3) is 6.08 Å². The Morgan fingerprint density at radius 1 is 1.21 bits per heavy atom. The summed E-state index contributed by atoms with van der Waals surface area (Å²) in [5.41, 5.74) is 2.16. The summed E-state index contributed by atoms with van der Waals surface area (Å²) in [4.78, 5) is 2.65. The minimum absolute atomic E-state index is 0.288. The van der Waals surface area contributed by atoms with Crippen LogP contribution in [0.15, 0.2) is 17.7 Å². The zero-order valence-corrected chi connectivity index (χ0v) is 15.8. The number of hydrogen-bond acceptors (Lipinski definition) is 2. The number of rotatable bonds is 2. The third-order valence-electron chi connectivity index (χ3n) is 5.91. The van der Waals surface area contributed by atoms with Gasteiger partial charge in [-0.3, -0.25) is 4.90 Å². The van der Waals surface area contributed by atoms with Crippen molar-refractivity contribution in [1.82, 2.24) is 4.90 Å². The highest BCUT2D eigenvalue weighted by atomic mass is 35.5. The quantitative estimate of drug-likeness (QED) is 0.609. The molecule has 2 unspecified atom stereocenters.